The van der Waals surface area contributed by atoms with E-state index in [4.69, 9.17) is 0 Å². The highest BCUT2D eigenvalue weighted by atomic mass is 32.1. The molecule has 1 aromatic carbocycles. The Morgan fingerprint density at radius 2 is 1.86 bits per heavy atom. The van der Waals surface area contributed by atoms with Crippen LogP contribution in [-0.4, -0.2) is 56.2 Å². The molecule has 0 spiro atoms. The van der Waals surface area contributed by atoms with E-state index in [9.17, 15) is 4.79 Å². The molecule has 1 aliphatic rings. The molecule has 0 bridgehead atoms. The number of guanidine groups is 1. The van der Waals surface area contributed by atoms with Crippen LogP contribution in [0.25, 0.3) is 0 Å². The van der Waals surface area contributed by atoms with Crippen LogP contribution in [0.1, 0.15) is 19.4 Å². The van der Waals surface area contributed by atoms with Crippen LogP contribution < -0.4 is 20.9 Å². The number of carbonyl (C=O) groups is 1. The Morgan fingerprint density at radius 3 is 2.45 bits per heavy atom. The minimum Gasteiger partial charge on any atom is -0.360 e. The fourth-order valence-corrected chi connectivity index (χ4v) is 4.02. The molecule has 0 unspecified atom stereocenters. The van der Waals surface area contributed by atoms with E-state index in [0.29, 0.717) is 6.54 Å². The first-order valence-electron chi connectivity index (χ1n) is 9.95. The van der Waals surface area contributed by atoms with Crippen LogP contribution in [-0.2, 0) is 6.54 Å². The second kappa shape index (κ2) is 10.2. The zero-order chi connectivity index (χ0) is 20.6. The summed E-state index contributed by atoms with van der Waals surface area (Å²) in [5.74, 6) is 0.925. The zero-order valence-corrected chi connectivity index (χ0v) is 18.1. The van der Waals surface area contributed by atoms with E-state index in [1.165, 1.54) is 5.00 Å². The summed E-state index contributed by atoms with van der Waals surface area (Å²) in [7, 11) is 1.83. The summed E-state index contributed by atoms with van der Waals surface area (Å²) < 4.78 is 0. The van der Waals surface area contributed by atoms with Gasteiger partial charge in [0.1, 0.15) is 0 Å². The van der Waals surface area contributed by atoms with Gasteiger partial charge in [-0.2, -0.15) is 0 Å². The summed E-state index contributed by atoms with van der Waals surface area (Å²) in [5.41, 5.74) is 1.92. The first-order chi connectivity index (χ1) is 14.0. The van der Waals surface area contributed by atoms with Crippen LogP contribution in [0.3, 0.4) is 0 Å². The molecule has 156 valence electrons. The molecule has 0 atom stereocenters. The van der Waals surface area contributed by atoms with Gasteiger partial charge in [0.2, 0.25) is 0 Å². The standard InChI is InChI=1S/C21H30N6OS/c1-16(2)24-21(28)25-18-8-6-17(7-9-18)15-23-20(22-3)27-12-10-26(11-13-27)19-5-4-14-29-19/h4-9,14,16H,10-13,15H2,1-3H3,(H,22,23)(H2,24,25,28). The van der Waals surface area contributed by atoms with Crippen LogP contribution in [0.5, 0.6) is 0 Å². The van der Waals surface area contributed by atoms with Gasteiger partial charge in [0.05, 0.1) is 5.00 Å². The molecule has 1 saturated heterocycles. The van der Waals surface area contributed by atoms with E-state index in [-0.39, 0.29) is 12.1 Å². The van der Waals surface area contributed by atoms with Crippen molar-refractivity contribution in [3.63, 3.8) is 0 Å². The van der Waals surface area contributed by atoms with Gasteiger partial charge in [-0.1, -0.05) is 12.1 Å². The average molecular weight is 415 g/mol. The van der Waals surface area contributed by atoms with Crippen LogP contribution in [0, 0.1) is 0 Å². The van der Waals surface area contributed by atoms with Gasteiger partial charge in [-0.25, -0.2) is 4.79 Å². The van der Waals surface area contributed by atoms with Crippen molar-refractivity contribution < 1.29 is 4.79 Å². The summed E-state index contributed by atoms with van der Waals surface area (Å²) in [6, 6.07) is 12.1. The summed E-state index contributed by atoms with van der Waals surface area (Å²) in [6.07, 6.45) is 0. The maximum Gasteiger partial charge on any atom is 0.319 e. The van der Waals surface area contributed by atoms with Crippen LogP contribution >= 0.6 is 11.3 Å². The number of piperazine rings is 1. The Labute approximate surface area is 176 Å². The number of urea groups is 1. The first-order valence-corrected chi connectivity index (χ1v) is 10.8. The minimum absolute atomic E-state index is 0.109. The third-order valence-electron chi connectivity index (χ3n) is 4.69. The van der Waals surface area contributed by atoms with E-state index in [1.54, 1.807) is 11.3 Å². The molecular weight excluding hydrogens is 384 g/mol. The molecule has 0 radical (unpaired) electrons. The number of hydrogen-bond donors (Lipinski definition) is 3. The molecular formula is C21H30N6OS. The number of anilines is 2. The van der Waals surface area contributed by atoms with E-state index in [2.05, 4.69) is 48.3 Å². The maximum atomic E-state index is 11.8. The van der Waals surface area contributed by atoms with E-state index in [1.807, 2.05) is 45.2 Å². The lowest BCUT2D eigenvalue weighted by atomic mass is 10.2. The molecule has 0 saturated carbocycles. The SMILES string of the molecule is CN=C(NCc1ccc(NC(=O)NC(C)C)cc1)N1CCN(c2cccs2)CC1. The molecule has 29 heavy (non-hydrogen) atoms. The molecule has 0 aliphatic carbocycles. The van der Waals surface area contributed by atoms with Crippen LogP contribution in [0.4, 0.5) is 15.5 Å². The lowest BCUT2D eigenvalue weighted by Gasteiger charge is -2.37. The number of benzene rings is 1. The predicted molar refractivity (Wildman–Crippen MR) is 122 cm³/mol. The van der Waals surface area contributed by atoms with E-state index >= 15 is 0 Å². The minimum atomic E-state index is -0.187. The Morgan fingerprint density at radius 1 is 1.14 bits per heavy atom. The number of aliphatic imine (C=N–C) groups is 1. The number of carbonyl (C=O) groups excluding carboxylic acids is 1. The summed E-state index contributed by atoms with van der Waals surface area (Å²) >= 11 is 1.79. The Bertz CT molecular complexity index is 795. The molecule has 2 aromatic rings. The number of nitrogens with one attached hydrogen (secondary N) is 3. The van der Waals surface area contributed by atoms with Gasteiger partial charge in [0, 0.05) is 51.5 Å². The van der Waals surface area contributed by atoms with E-state index in [0.717, 1.165) is 43.4 Å². The molecule has 8 heteroatoms. The maximum absolute atomic E-state index is 11.8. The fourth-order valence-electron chi connectivity index (χ4n) is 3.24. The third-order valence-corrected chi connectivity index (χ3v) is 5.62. The van der Waals surface area contributed by atoms with Crippen molar-refractivity contribution in [2.75, 3.05) is 43.4 Å². The smallest absolute Gasteiger partial charge is 0.319 e. The van der Waals surface area contributed by atoms with Gasteiger partial charge in [-0.05, 0) is 49.1 Å². The Kier molecular flexibility index (Phi) is 7.35. The van der Waals surface area contributed by atoms with Crippen LogP contribution in [0.15, 0.2) is 46.8 Å². The van der Waals surface area contributed by atoms with Crippen molar-refractivity contribution in [3.05, 3.63) is 47.3 Å². The third kappa shape index (κ3) is 6.12. The number of hydrogen-bond acceptors (Lipinski definition) is 4. The quantitative estimate of drug-likeness (QED) is 0.519. The summed E-state index contributed by atoms with van der Waals surface area (Å²) in [5, 5.41) is 12.6. The van der Waals surface area contributed by atoms with Crippen molar-refractivity contribution in [1.82, 2.24) is 15.5 Å². The van der Waals surface area contributed by atoms with Crippen molar-refractivity contribution in [2.45, 2.75) is 26.4 Å². The Balaban J connectivity index is 1.46. The second-order valence-corrected chi connectivity index (χ2v) is 8.20. The zero-order valence-electron chi connectivity index (χ0n) is 17.3. The lowest BCUT2D eigenvalue weighted by molar-refractivity contribution is 0.250. The number of thiophene rings is 1. The second-order valence-electron chi connectivity index (χ2n) is 7.28. The number of amides is 2. The fraction of sp³-hybridized carbons (Fsp3) is 0.429. The van der Waals surface area contributed by atoms with Crippen molar-refractivity contribution in [2.24, 2.45) is 4.99 Å². The highest BCUT2D eigenvalue weighted by Gasteiger charge is 2.20. The average Bonchev–Trinajstić information content (AvgIpc) is 3.24. The molecule has 7 nitrogen and oxygen atoms in total. The highest BCUT2D eigenvalue weighted by Crippen LogP contribution is 2.22. The van der Waals surface area contributed by atoms with Gasteiger partial charge in [0.15, 0.2) is 5.96 Å². The normalized spacial score (nSPS) is 14.8. The van der Waals surface area contributed by atoms with Crippen molar-refractivity contribution in [1.29, 1.82) is 0 Å². The topological polar surface area (TPSA) is 72.0 Å². The van der Waals surface area contributed by atoms with Crippen molar-refractivity contribution in [3.8, 4) is 0 Å². The van der Waals surface area contributed by atoms with E-state index < -0.39 is 0 Å². The monoisotopic (exact) mass is 414 g/mol. The highest BCUT2D eigenvalue weighted by molar-refractivity contribution is 7.14. The first kappa shape index (κ1) is 21.0. The largest absolute Gasteiger partial charge is 0.360 e. The molecule has 1 aromatic heterocycles. The molecule has 3 rings (SSSR count). The molecule has 1 fully saturated rings. The number of rotatable bonds is 5. The number of nitrogens with zero attached hydrogens (tertiary/aromatic N) is 3. The molecule has 2 amide bonds. The molecule has 2 heterocycles. The van der Waals surface area contributed by atoms with Crippen LogP contribution in [0.2, 0.25) is 0 Å². The summed E-state index contributed by atoms with van der Waals surface area (Å²) in [4.78, 5) is 21.0. The predicted octanol–water partition coefficient (Wildman–Crippen LogP) is 3.18. The van der Waals surface area contributed by atoms with Crippen molar-refractivity contribution >= 4 is 34.0 Å². The van der Waals surface area contributed by atoms with Gasteiger partial charge in [0.25, 0.3) is 0 Å². The Hall–Kier alpha value is -2.74. The lowest BCUT2D eigenvalue weighted by Crippen LogP contribution is -2.52. The van der Waals surface area contributed by atoms with Gasteiger partial charge >= 0.3 is 6.03 Å². The summed E-state index contributed by atoms with van der Waals surface area (Å²) in [6.45, 7) is 8.46. The molecule has 1 aliphatic heterocycles. The molecule has 3 N–H and O–H groups in total. The van der Waals surface area contributed by atoms with Gasteiger partial charge in [-0.15, -0.1) is 11.3 Å². The van der Waals surface area contributed by atoms with Gasteiger partial charge < -0.3 is 25.8 Å². The van der Waals surface area contributed by atoms with Gasteiger partial charge in [-0.3, -0.25) is 4.99 Å².